The van der Waals surface area contributed by atoms with Gasteiger partial charge in [-0.1, -0.05) is 0 Å². The molecule has 0 radical (unpaired) electrons. The van der Waals surface area contributed by atoms with Gasteiger partial charge >= 0.3 is 5.97 Å². The molecule has 19 heavy (non-hydrogen) atoms. The topological polar surface area (TPSA) is 92.4 Å². The largest absolute Gasteiger partial charge is 0.478 e. The smallest absolute Gasteiger partial charge is 0.338 e. The van der Waals surface area contributed by atoms with Crippen LogP contribution in [0.3, 0.4) is 0 Å². The number of nitrogens with zero attached hydrogens (tertiary/aromatic N) is 1. The molecular weight excluding hydrogens is 248 g/mol. The van der Waals surface area contributed by atoms with Gasteiger partial charge in [0, 0.05) is 11.8 Å². The van der Waals surface area contributed by atoms with Crippen LogP contribution in [-0.2, 0) is 0 Å². The average molecular weight is 260 g/mol. The highest BCUT2D eigenvalue weighted by Crippen LogP contribution is 2.13. The number of carbonyl (C=O) groups excluding carboxylic acids is 1. The lowest BCUT2D eigenvalue weighted by atomic mass is 10.2. The first kappa shape index (κ1) is 12.8. The third-order valence-corrected chi connectivity index (χ3v) is 2.41. The Labute approximate surface area is 109 Å². The van der Waals surface area contributed by atoms with Crippen molar-refractivity contribution in [2.45, 2.75) is 13.8 Å². The lowest BCUT2D eigenvalue weighted by Gasteiger charge is -2.04. The van der Waals surface area contributed by atoms with Gasteiger partial charge in [0.25, 0.3) is 5.91 Å². The molecule has 2 aromatic heterocycles. The number of anilines is 1. The summed E-state index contributed by atoms with van der Waals surface area (Å²) in [6.45, 7) is 3.71. The van der Waals surface area contributed by atoms with Gasteiger partial charge in [0.2, 0.25) is 0 Å². The maximum absolute atomic E-state index is 11.8. The zero-order chi connectivity index (χ0) is 14.0. The molecule has 2 N–H and O–H groups in total. The number of amides is 1. The molecule has 0 bridgehead atoms. The van der Waals surface area contributed by atoms with E-state index in [2.05, 4.69) is 10.3 Å². The second-order valence-corrected chi connectivity index (χ2v) is 4.13. The molecule has 1 amide bonds. The van der Waals surface area contributed by atoms with Gasteiger partial charge in [-0.2, -0.15) is 0 Å². The molecule has 2 heterocycles. The highest BCUT2D eigenvalue weighted by atomic mass is 16.4. The monoisotopic (exact) mass is 260 g/mol. The van der Waals surface area contributed by atoms with Crippen LogP contribution in [0.25, 0.3) is 0 Å². The van der Waals surface area contributed by atoms with Crippen LogP contribution in [0.4, 0.5) is 5.82 Å². The van der Waals surface area contributed by atoms with E-state index >= 15 is 0 Å². The minimum Gasteiger partial charge on any atom is -0.478 e. The van der Waals surface area contributed by atoms with Crippen LogP contribution in [0, 0.1) is 13.8 Å². The van der Waals surface area contributed by atoms with Gasteiger partial charge in [0.05, 0.1) is 5.56 Å². The summed E-state index contributed by atoms with van der Waals surface area (Å²) < 4.78 is 4.90. The summed E-state index contributed by atoms with van der Waals surface area (Å²) >= 11 is 0. The Morgan fingerprint density at radius 3 is 2.58 bits per heavy atom. The van der Waals surface area contributed by atoms with Crippen molar-refractivity contribution in [3.05, 3.63) is 47.0 Å². The standard InChI is InChI=1S/C13H12N2O4/c1-7-3-8(2)14-11(4-7)15-12(16)10-5-9(6-19-10)13(17)18/h3-6H,1-2H3,(H,17,18)(H,14,15,16). The van der Waals surface area contributed by atoms with Crippen molar-refractivity contribution in [3.63, 3.8) is 0 Å². The van der Waals surface area contributed by atoms with Crippen molar-refractivity contribution < 1.29 is 19.1 Å². The molecule has 6 heteroatoms. The van der Waals surface area contributed by atoms with Crippen LogP contribution in [0.15, 0.2) is 28.9 Å². The molecule has 0 aromatic carbocycles. The van der Waals surface area contributed by atoms with E-state index in [1.54, 1.807) is 6.07 Å². The lowest BCUT2D eigenvalue weighted by Crippen LogP contribution is -2.12. The first-order chi connectivity index (χ1) is 8.95. The van der Waals surface area contributed by atoms with E-state index in [-0.39, 0.29) is 11.3 Å². The van der Waals surface area contributed by atoms with Crippen LogP contribution in [-0.4, -0.2) is 22.0 Å². The number of hydrogen-bond acceptors (Lipinski definition) is 4. The van der Waals surface area contributed by atoms with Crippen molar-refractivity contribution in [1.82, 2.24) is 4.98 Å². The second kappa shape index (κ2) is 4.93. The molecule has 6 nitrogen and oxygen atoms in total. The molecule has 98 valence electrons. The normalized spacial score (nSPS) is 10.2. The minimum atomic E-state index is -1.15. The zero-order valence-electron chi connectivity index (χ0n) is 10.4. The molecule has 0 atom stereocenters. The summed E-state index contributed by atoms with van der Waals surface area (Å²) in [6.07, 6.45) is 1.02. The van der Waals surface area contributed by atoms with Gasteiger partial charge in [0.1, 0.15) is 12.1 Å². The Balaban J connectivity index is 2.18. The van der Waals surface area contributed by atoms with Crippen LogP contribution in [0.5, 0.6) is 0 Å². The molecule has 0 aliphatic carbocycles. The number of pyridine rings is 1. The molecule has 0 aliphatic rings. The van der Waals surface area contributed by atoms with Crippen LogP contribution < -0.4 is 5.32 Å². The van der Waals surface area contributed by atoms with Crippen LogP contribution in [0.1, 0.15) is 32.2 Å². The maximum atomic E-state index is 11.8. The molecule has 0 unspecified atom stereocenters. The third kappa shape index (κ3) is 2.98. The molecule has 2 aromatic rings. The molecular formula is C13H12N2O4. The predicted molar refractivity (Wildman–Crippen MR) is 67.3 cm³/mol. The Kier molecular flexibility index (Phi) is 3.33. The highest BCUT2D eigenvalue weighted by Gasteiger charge is 2.15. The van der Waals surface area contributed by atoms with E-state index in [1.807, 2.05) is 19.9 Å². The number of rotatable bonds is 3. The number of aryl methyl sites for hydroxylation is 2. The SMILES string of the molecule is Cc1cc(C)nc(NC(=O)c2cc(C(=O)O)co2)c1. The molecule has 2 rings (SSSR count). The maximum Gasteiger partial charge on any atom is 0.338 e. The van der Waals surface area contributed by atoms with Gasteiger partial charge < -0.3 is 14.8 Å². The fourth-order valence-electron chi connectivity index (χ4n) is 1.65. The molecule has 0 fully saturated rings. The fraction of sp³-hybridized carbons (Fsp3) is 0.154. The number of carbonyl (C=O) groups is 2. The third-order valence-electron chi connectivity index (χ3n) is 2.41. The van der Waals surface area contributed by atoms with Crippen molar-refractivity contribution in [2.24, 2.45) is 0 Å². The number of hydrogen-bond donors (Lipinski definition) is 2. The summed E-state index contributed by atoms with van der Waals surface area (Å²) in [6, 6.07) is 4.76. The summed E-state index contributed by atoms with van der Waals surface area (Å²) in [5.41, 5.74) is 1.67. The number of nitrogens with one attached hydrogen (secondary N) is 1. The van der Waals surface area contributed by atoms with E-state index in [4.69, 9.17) is 9.52 Å². The van der Waals surface area contributed by atoms with Gasteiger partial charge in [-0.3, -0.25) is 4.79 Å². The van der Waals surface area contributed by atoms with E-state index in [0.717, 1.165) is 17.5 Å². The second-order valence-electron chi connectivity index (χ2n) is 4.13. The van der Waals surface area contributed by atoms with E-state index < -0.39 is 11.9 Å². The zero-order valence-corrected chi connectivity index (χ0v) is 10.4. The Hall–Kier alpha value is -2.63. The van der Waals surface area contributed by atoms with E-state index in [0.29, 0.717) is 5.82 Å². The van der Waals surface area contributed by atoms with Gasteiger partial charge in [0.15, 0.2) is 5.76 Å². The lowest BCUT2D eigenvalue weighted by molar-refractivity contribution is 0.0696. The first-order valence-corrected chi connectivity index (χ1v) is 5.54. The van der Waals surface area contributed by atoms with Crippen LogP contribution >= 0.6 is 0 Å². The van der Waals surface area contributed by atoms with Gasteiger partial charge in [-0.25, -0.2) is 9.78 Å². The van der Waals surface area contributed by atoms with Gasteiger partial charge in [-0.15, -0.1) is 0 Å². The minimum absolute atomic E-state index is 0.0708. The van der Waals surface area contributed by atoms with Crippen molar-refractivity contribution in [3.8, 4) is 0 Å². The highest BCUT2D eigenvalue weighted by molar-refractivity contribution is 6.03. The summed E-state index contributed by atoms with van der Waals surface area (Å²) in [5, 5.41) is 11.3. The van der Waals surface area contributed by atoms with Crippen molar-refractivity contribution in [2.75, 3.05) is 5.32 Å². The Bertz CT molecular complexity index is 626. The summed E-state index contributed by atoms with van der Waals surface area (Å²) in [5.74, 6) is -1.36. The van der Waals surface area contributed by atoms with E-state index in [1.165, 1.54) is 6.07 Å². The number of aromatic carboxylic acids is 1. The predicted octanol–water partition coefficient (Wildman–Crippen LogP) is 2.24. The molecule has 0 spiro atoms. The van der Waals surface area contributed by atoms with Crippen LogP contribution in [0.2, 0.25) is 0 Å². The first-order valence-electron chi connectivity index (χ1n) is 5.54. The number of carboxylic acid groups (broad SMARTS) is 1. The summed E-state index contributed by atoms with van der Waals surface area (Å²) in [7, 11) is 0. The fourth-order valence-corrected chi connectivity index (χ4v) is 1.65. The molecule has 0 aliphatic heterocycles. The summed E-state index contributed by atoms with van der Waals surface area (Å²) in [4.78, 5) is 26.7. The number of aromatic nitrogens is 1. The van der Waals surface area contributed by atoms with Crippen molar-refractivity contribution in [1.29, 1.82) is 0 Å². The number of furan rings is 1. The number of carboxylic acids is 1. The Morgan fingerprint density at radius 1 is 1.26 bits per heavy atom. The van der Waals surface area contributed by atoms with Gasteiger partial charge in [-0.05, 0) is 31.5 Å². The van der Waals surface area contributed by atoms with Crippen molar-refractivity contribution >= 4 is 17.7 Å². The quantitative estimate of drug-likeness (QED) is 0.882. The Morgan fingerprint density at radius 2 is 2.00 bits per heavy atom. The molecule has 0 saturated heterocycles. The molecule has 0 saturated carbocycles. The van der Waals surface area contributed by atoms with E-state index in [9.17, 15) is 9.59 Å². The average Bonchev–Trinajstić information content (AvgIpc) is 2.76.